The number of rotatable bonds is 3. The molecule has 1 aliphatic carbocycles. The first-order valence-electron chi connectivity index (χ1n) is 5.34. The van der Waals surface area contributed by atoms with E-state index in [1.807, 2.05) is 19.9 Å². The lowest BCUT2D eigenvalue weighted by molar-refractivity contribution is -0.308. The Morgan fingerprint density at radius 3 is 2.67 bits per heavy atom. The summed E-state index contributed by atoms with van der Waals surface area (Å²) >= 11 is 0. The number of aliphatic hydroxyl groups is 1. The standard InChI is InChI=1S/C12H20O3/c1-11(2,8-10(13)14)9-4-6-12(3,15)7-5-9/h4,6,9,15H,5,7-8H2,1-3H3,(H,13,14)/p-1/t9-,12+/m1/s1. The summed E-state index contributed by atoms with van der Waals surface area (Å²) in [6.07, 6.45) is 5.28. The van der Waals surface area contributed by atoms with Crippen LogP contribution in [0.3, 0.4) is 0 Å². The highest BCUT2D eigenvalue weighted by Crippen LogP contribution is 2.39. The van der Waals surface area contributed by atoms with Crippen molar-refractivity contribution in [1.82, 2.24) is 0 Å². The van der Waals surface area contributed by atoms with E-state index >= 15 is 0 Å². The maximum Gasteiger partial charge on any atom is 0.0800 e. The van der Waals surface area contributed by atoms with Gasteiger partial charge in [0.2, 0.25) is 0 Å². The van der Waals surface area contributed by atoms with Gasteiger partial charge in [-0.3, -0.25) is 0 Å². The summed E-state index contributed by atoms with van der Waals surface area (Å²) in [5.74, 6) is -0.804. The van der Waals surface area contributed by atoms with Crippen molar-refractivity contribution >= 4 is 5.97 Å². The zero-order valence-corrected chi connectivity index (χ0v) is 9.62. The van der Waals surface area contributed by atoms with Gasteiger partial charge in [-0.25, -0.2) is 0 Å². The molecule has 0 saturated carbocycles. The second-order valence-corrected chi connectivity index (χ2v) is 5.40. The zero-order chi connectivity index (χ0) is 11.7. The monoisotopic (exact) mass is 211 g/mol. The average molecular weight is 211 g/mol. The Hall–Kier alpha value is -0.830. The maximum atomic E-state index is 10.6. The average Bonchev–Trinajstić information content (AvgIpc) is 2.00. The molecular formula is C12H19O3-. The molecule has 2 atom stereocenters. The van der Waals surface area contributed by atoms with Crippen molar-refractivity contribution in [2.75, 3.05) is 0 Å². The minimum atomic E-state index is -1.01. The first-order chi connectivity index (χ1) is 6.73. The highest BCUT2D eigenvalue weighted by atomic mass is 16.4. The first-order valence-corrected chi connectivity index (χ1v) is 5.34. The van der Waals surface area contributed by atoms with E-state index in [2.05, 4.69) is 0 Å². The molecule has 1 aliphatic rings. The third kappa shape index (κ3) is 3.34. The van der Waals surface area contributed by atoms with Gasteiger partial charge in [-0.15, -0.1) is 0 Å². The molecule has 0 unspecified atom stereocenters. The van der Waals surface area contributed by atoms with E-state index in [0.717, 1.165) is 6.42 Å². The van der Waals surface area contributed by atoms with Crippen LogP contribution in [0.25, 0.3) is 0 Å². The summed E-state index contributed by atoms with van der Waals surface area (Å²) in [5, 5.41) is 20.3. The smallest absolute Gasteiger partial charge is 0.0800 e. The predicted octanol–water partition coefficient (Wildman–Crippen LogP) is 0.870. The highest BCUT2D eigenvalue weighted by molar-refractivity contribution is 5.65. The molecule has 0 aromatic heterocycles. The molecule has 3 heteroatoms. The third-order valence-electron chi connectivity index (χ3n) is 3.25. The minimum absolute atomic E-state index is 0.0597. The normalized spacial score (nSPS) is 31.6. The van der Waals surface area contributed by atoms with E-state index in [1.54, 1.807) is 13.0 Å². The maximum absolute atomic E-state index is 10.6. The van der Waals surface area contributed by atoms with Crippen LogP contribution in [0.1, 0.15) is 40.0 Å². The molecular weight excluding hydrogens is 192 g/mol. The van der Waals surface area contributed by atoms with Crippen molar-refractivity contribution in [2.24, 2.45) is 11.3 Å². The summed E-state index contributed by atoms with van der Waals surface area (Å²) in [4.78, 5) is 10.6. The number of carbonyl (C=O) groups is 1. The van der Waals surface area contributed by atoms with Crippen molar-refractivity contribution < 1.29 is 15.0 Å². The molecule has 15 heavy (non-hydrogen) atoms. The molecule has 0 spiro atoms. The largest absolute Gasteiger partial charge is 0.550 e. The number of carboxylic acids is 1. The van der Waals surface area contributed by atoms with Gasteiger partial charge in [0.25, 0.3) is 0 Å². The van der Waals surface area contributed by atoms with Crippen LogP contribution in [0.2, 0.25) is 0 Å². The van der Waals surface area contributed by atoms with Crippen molar-refractivity contribution in [2.45, 2.75) is 45.6 Å². The van der Waals surface area contributed by atoms with E-state index in [1.165, 1.54) is 0 Å². The topological polar surface area (TPSA) is 60.4 Å². The van der Waals surface area contributed by atoms with Gasteiger partial charge in [0.05, 0.1) is 5.60 Å². The third-order valence-corrected chi connectivity index (χ3v) is 3.25. The van der Waals surface area contributed by atoms with Gasteiger partial charge in [0.15, 0.2) is 0 Å². The van der Waals surface area contributed by atoms with Gasteiger partial charge in [-0.05, 0) is 37.5 Å². The summed E-state index contributed by atoms with van der Waals surface area (Å²) < 4.78 is 0. The van der Waals surface area contributed by atoms with Crippen LogP contribution < -0.4 is 5.11 Å². The van der Waals surface area contributed by atoms with E-state index in [4.69, 9.17) is 0 Å². The van der Waals surface area contributed by atoms with E-state index in [9.17, 15) is 15.0 Å². The quantitative estimate of drug-likeness (QED) is 0.705. The molecule has 0 heterocycles. The van der Waals surface area contributed by atoms with Crippen molar-refractivity contribution in [3.05, 3.63) is 12.2 Å². The van der Waals surface area contributed by atoms with Gasteiger partial charge in [0, 0.05) is 5.97 Å². The van der Waals surface area contributed by atoms with Gasteiger partial charge in [-0.2, -0.15) is 0 Å². The second-order valence-electron chi connectivity index (χ2n) is 5.40. The summed E-state index contributed by atoms with van der Waals surface area (Å²) in [7, 11) is 0. The van der Waals surface area contributed by atoms with Crippen LogP contribution in [0.15, 0.2) is 12.2 Å². The Kier molecular flexibility index (Phi) is 3.24. The molecule has 0 fully saturated rings. The van der Waals surface area contributed by atoms with Gasteiger partial charge >= 0.3 is 0 Å². The van der Waals surface area contributed by atoms with E-state index in [0.29, 0.717) is 6.42 Å². The fraction of sp³-hybridized carbons (Fsp3) is 0.750. The fourth-order valence-corrected chi connectivity index (χ4v) is 2.11. The molecule has 0 bridgehead atoms. The lowest BCUT2D eigenvalue weighted by Crippen LogP contribution is -2.36. The van der Waals surface area contributed by atoms with Crippen LogP contribution in [-0.4, -0.2) is 16.7 Å². The van der Waals surface area contributed by atoms with E-state index < -0.39 is 11.6 Å². The molecule has 0 aromatic rings. The molecule has 0 radical (unpaired) electrons. The molecule has 0 amide bonds. The summed E-state index contributed by atoms with van der Waals surface area (Å²) in [5.41, 5.74) is -1.03. The van der Waals surface area contributed by atoms with Crippen LogP contribution >= 0.6 is 0 Å². The molecule has 3 nitrogen and oxygen atoms in total. The van der Waals surface area contributed by atoms with Gasteiger partial charge in [0.1, 0.15) is 0 Å². The van der Waals surface area contributed by atoms with Crippen LogP contribution in [0, 0.1) is 11.3 Å². The Morgan fingerprint density at radius 2 is 2.27 bits per heavy atom. The van der Waals surface area contributed by atoms with E-state index in [-0.39, 0.29) is 17.8 Å². The Bertz CT molecular complexity index is 277. The van der Waals surface area contributed by atoms with Gasteiger partial charge in [-0.1, -0.05) is 26.0 Å². The van der Waals surface area contributed by atoms with Crippen molar-refractivity contribution in [3.63, 3.8) is 0 Å². The molecule has 1 rings (SSSR count). The SMILES string of the molecule is CC(C)(CC(=O)[O-])[C@@H]1C=C[C@](C)(O)CC1. The number of hydrogen-bond acceptors (Lipinski definition) is 3. The fourth-order valence-electron chi connectivity index (χ4n) is 2.11. The minimum Gasteiger partial charge on any atom is -0.550 e. The molecule has 0 aromatic carbocycles. The van der Waals surface area contributed by atoms with Crippen LogP contribution in [0.4, 0.5) is 0 Å². The number of hydrogen-bond donors (Lipinski definition) is 1. The summed E-state index contributed by atoms with van der Waals surface area (Å²) in [6.45, 7) is 5.63. The zero-order valence-electron chi connectivity index (χ0n) is 9.62. The molecule has 0 aliphatic heterocycles. The number of carboxylic acid groups (broad SMARTS) is 1. The number of aliphatic carboxylic acids is 1. The lowest BCUT2D eigenvalue weighted by atomic mass is 9.70. The Morgan fingerprint density at radius 1 is 1.67 bits per heavy atom. The second kappa shape index (κ2) is 3.97. The number of carbonyl (C=O) groups excluding carboxylic acids is 1. The van der Waals surface area contributed by atoms with Crippen LogP contribution in [-0.2, 0) is 4.79 Å². The lowest BCUT2D eigenvalue weighted by Gasteiger charge is -2.37. The predicted molar refractivity (Wildman–Crippen MR) is 55.9 cm³/mol. The van der Waals surface area contributed by atoms with Crippen LogP contribution in [0.5, 0.6) is 0 Å². The molecule has 1 N–H and O–H groups in total. The van der Waals surface area contributed by atoms with Crippen molar-refractivity contribution in [1.29, 1.82) is 0 Å². The Labute approximate surface area is 90.8 Å². The van der Waals surface area contributed by atoms with Crippen molar-refractivity contribution in [3.8, 4) is 0 Å². The first kappa shape index (κ1) is 12.2. The van der Waals surface area contributed by atoms with Gasteiger partial charge < -0.3 is 15.0 Å². The Balaban J connectivity index is 2.70. The summed E-state index contributed by atoms with van der Waals surface area (Å²) in [6, 6.07) is 0. The molecule has 86 valence electrons. The highest BCUT2D eigenvalue weighted by Gasteiger charge is 2.32. The number of allylic oxidation sites excluding steroid dienone is 1. The molecule has 0 saturated heterocycles.